The molecule has 0 spiro atoms. The molecule has 7 heteroatoms. The van der Waals surface area contributed by atoms with E-state index >= 15 is 0 Å². The SMILES string of the molecule is O=[N+]([O-])c1ccc(NCCc2nc(-c3ccccc3)n[nH]2)cc1. The van der Waals surface area contributed by atoms with Crippen LogP contribution in [-0.4, -0.2) is 26.6 Å². The molecule has 3 aromatic rings. The van der Waals surface area contributed by atoms with Crippen molar-refractivity contribution >= 4 is 11.4 Å². The molecular formula is C16H15N5O2. The second-order valence-corrected chi connectivity index (χ2v) is 4.95. The van der Waals surface area contributed by atoms with Crippen LogP contribution in [0.15, 0.2) is 54.6 Å². The average Bonchev–Trinajstić information content (AvgIpc) is 3.05. The zero-order valence-corrected chi connectivity index (χ0v) is 12.3. The van der Waals surface area contributed by atoms with Gasteiger partial charge < -0.3 is 5.32 Å². The van der Waals surface area contributed by atoms with Crippen LogP contribution in [0.3, 0.4) is 0 Å². The molecule has 0 amide bonds. The minimum absolute atomic E-state index is 0.0817. The van der Waals surface area contributed by atoms with Crippen molar-refractivity contribution in [2.24, 2.45) is 0 Å². The lowest BCUT2D eigenvalue weighted by molar-refractivity contribution is -0.384. The van der Waals surface area contributed by atoms with Crippen molar-refractivity contribution in [3.8, 4) is 11.4 Å². The second-order valence-electron chi connectivity index (χ2n) is 4.95. The molecule has 0 radical (unpaired) electrons. The Kier molecular flexibility index (Phi) is 4.28. The van der Waals surface area contributed by atoms with E-state index in [-0.39, 0.29) is 5.69 Å². The highest BCUT2D eigenvalue weighted by Crippen LogP contribution is 2.16. The van der Waals surface area contributed by atoms with Crippen molar-refractivity contribution in [2.75, 3.05) is 11.9 Å². The Morgan fingerprint density at radius 3 is 2.52 bits per heavy atom. The maximum atomic E-state index is 10.6. The van der Waals surface area contributed by atoms with Crippen LogP contribution in [-0.2, 0) is 6.42 Å². The summed E-state index contributed by atoms with van der Waals surface area (Å²) in [7, 11) is 0. The van der Waals surface area contributed by atoms with Crippen LogP contribution in [0, 0.1) is 10.1 Å². The Morgan fingerprint density at radius 1 is 1.09 bits per heavy atom. The van der Waals surface area contributed by atoms with Gasteiger partial charge in [-0.25, -0.2) is 4.98 Å². The first-order chi connectivity index (χ1) is 11.2. The van der Waals surface area contributed by atoms with Gasteiger partial charge in [0.15, 0.2) is 5.82 Å². The number of rotatable bonds is 6. The van der Waals surface area contributed by atoms with E-state index in [0.717, 1.165) is 17.1 Å². The third-order valence-corrected chi connectivity index (χ3v) is 3.33. The quantitative estimate of drug-likeness (QED) is 0.539. The highest BCUT2D eigenvalue weighted by molar-refractivity contribution is 5.54. The Morgan fingerprint density at radius 2 is 1.83 bits per heavy atom. The van der Waals surface area contributed by atoms with E-state index in [9.17, 15) is 10.1 Å². The van der Waals surface area contributed by atoms with E-state index in [2.05, 4.69) is 20.5 Å². The zero-order valence-electron chi connectivity index (χ0n) is 12.3. The maximum Gasteiger partial charge on any atom is 0.269 e. The summed E-state index contributed by atoms with van der Waals surface area (Å²) in [5, 5.41) is 20.9. The van der Waals surface area contributed by atoms with Crippen LogP contribution in [0.2, 0.25) is 0 Å². The van der Waals surface area contributed by atoms with Crippen LogP contribution in [0.4, 0.5) is 11.4 Å². The number of nitro benzene ring substituents is 1. The van der Waals surface area contributed by atoms with Crippen LogP contribution >= 0.6 is 0 Å². The molecule has 116 valence electrons. The van der Waals surface area contributed by atoms with E-state index in [1.807, 2.05) is 30.3 Å². The summed E-state index contributed by atoms with van der Waals surface area (Å²) in [5.41, 5.74) is 1.88. The molecule has 0 atom stereocenters. The third-order valence-electron chi connectivity index (χ3n) is 3.33. The Labute approximate surface area is 132 Å². The van der Waals surface area contributed by atoms with E-state index in [1.165, 1.54) is 12.1 Å². The Bertz CT molecular complexity index is 784. The van der Waals surface area contributed by atoms with E-state index < -0.39 is 4.92 Å². The monoisotopic (exact) mass is 309 g/mol. The third kappa shape index (κ3) is 3.70. The molecule has 0 aliphatic heterocycles. The molecule has 7 nitrogen and oxygen atoms in total. The number of H-pyrrole nitrogens is 1. The van der Waals surface area contributed by atoms with Gasteiger partial charge in [0.1, 0.15) is 5.82 Å². The molecule has 2 N–H and O–H groups in total. The molecule has 2 aromatic carbocycles. The number of hydrogen-bond acceptors (Lipinski definition) is 5. The summed E-state index contributed by atoms with van der Waals surface area (Å²) in [6.07, 6.45) is 0.677. The van der Waals surface area contributed by atoms with Gasteiger partial charge in [-0.2, -0.15) is 5.10 Å². The van der Waals surface area contributed by atoms with Crippen LogP contribution < -0.4 is 5.32 Å². The van der Waals surface area contributed by atoms with Gasteiger partial charge in [-0.05, 0) is 12.1 Å². The highest BCUT2D eigenvalue weighted by Gasteiger charge is 2.06. The predicted octanol–water partition coefficient (Wildman–Crippen LogP) is 3.03. The van der Waals surface area contributed by atoms with Crippen LogP contribution in [0.5, 0.6) is 0 Å². The molecule has 1 heterocycles. The van der Waals surface area contributed by atoms with Gasteiger partial charge in [0.2, 0.25) is 0 Å². The first-order valence-electron chi connectivity index (χ1n) is 7.17. The molecule has 0 aliphatic carbocycles. The van der Waals surface area contributed by atoms with Gasteiger partial charge >= 0.3 is 0 Å². The van der Waals surface area contributed by atoms with Crippen molar-refractivity contribution in [3.63, 3.8) is 0 Å². The van der Waals surface area contributed by atoms with Crippen molar-refractivity contribution in [1.82, 2.24) is 15.2 Å². The van der Waals surface area contributed by atoms with Gasteiger partial charge in [0.05, 0.1) is 4.92 Å². The number of nitro groups is 1. The largest absolute Gasteiger partial charge is 0.385 e. The Balaban J connectivity index is 1.55. The minimum Gasteiger partial charge on any atom is -0.385 e. The zero-order chi connectivity index (χ0) is 16.1. The number of anilines is 1. The molecule has 3 rings (SSSR count). The normalized spacial score (nSPS) is 10.4. The van der Waals surface area contributed by atoms with Crippen LogP contribution in [0.1, 0.15) is 5.82 Å². The number of nitrogens with zero attached hydrogens (tertiary/aromatic N) is 3. The number of nitrogens with one attached hydrogen (secondary N) is 2. The molecule has 0 unspecified atom stereocenters. The van der Waals surface area contributed by atoms with Gasteiger partial charge in [0.25, 0.3) is 5.69 Å². The summed E-state index contributed by atoms with van der Waals surface area (Å²) in [6.45, 7) is 0.654. The number of aromatic nitrogens is 3. The summed E-state index contributed by atoms with van der Waals surface area (Å²) >= 11 is 0. The number of hydrogen-bond donors (Lipinski definition) is 2. The lowest BCUT2D eigenvalue weighted by atomic mass is 10.2. The minimum atomic E-state index is -0.413. The molecule has 23 heavy (non-hydrogen) atoms. The first kappa shape index (κ1) is 14.7. The predicted molar refractivity (Wildman–Crippen MR) is 87.1 cm³/mol. The molecule has 0 bridgehead atoms. The fourth-order valence-corrected chi connectivity index (χ4v) is 2.15. The van der Waals surface area contributed by atoms with Gasteiger partial charge in [0, 0.05) is 36.3 Å². The summed E-state index contributed by atoms with van der Waals surface area (Å²) in [6, 6.07) is 16.1. The molecular weight excluding hydrogens is 294 g/mol. The van der Waals surface area contributed by atoms with Crippen molar-refractivity contribution in [2.45, 2.75) is 6.42 Å². The van der Waals surface area contributed by atoms with Gasteiger partial charge in [-0.15, -0.1) is 0 Å². The van der Waals surface area contributed by atoms with Crippen molar-refractivity contribution < 1.29 is 4.92 Å². The lowest BCUT2D eigenvalue weighted by Gasteiger charge is -2.04. The Hall–Kier alpha value is -3.22. The number of aromatic amines is 1. The van der Waals surface area contributed by atoms with Crippen molar-refractivity contribution in [1.29, 1.82) is 0 Å². The smallest absolute Gasteiger partial charge is 0.269 e. The van der Waals surface area contributed by atoms with E-state index in [0.29, 0.717) is 18.8 Å². The van der Waals surface area contributed by atoms with Gasteiger partial charge in [-0.1, -0.05) is 30.3 Å². The fourth-order valence-electron chi connectivity index (χ4n) is 2.15. The number of benzene rings is 2. The first-order valence-corrected chi connectivity index (χ1v) is 7.17. The second kappa shape index (κ2) is 6.69. The van der Waals surface area contributed by atoms with E-state index in [1.54, 1.807) is 12.1 Å². The summed E-state index contributed by atoms with van der Waals surface area (Å²) in [4.78, 5) is 14.6. The highest BCUT2D eigenvalue weighted by atomic mass is 16.6. The summed E-state index contributed by atoms with van der Waals surface area (Å²) in [5.74, 6) is 1.47. The molecule has 1 aromatic heterocycles. The molecule has 0 fully saturated rings. The molecule has 0 aliphatic rings. The molecule has 0 saturated carbocycles. The topological polar surface area (TPSA) is 96.7 Å². The van der Waals surface area contributed by atoms with E-state index in [4.69, 9.17) is 0 Å². The summed E-state index contributed by atoms with van der Waals surface area (Å²) < 4.78 is 0. The number of non-ortho nitro benzene ring substituents is 1. The van der Waals surface area contributed by atoms with Gasteiger partial charge in [-0.3, -0.25) is 15.2 Å². The lowest BCUT2D eigenvalue weighted by Crippen LogP contribution is -2.06. The molecule has 0 saturated heterocycles. The van der Waals surface area contributed by atoms with Crippen molar-refractivity contribution in [3.05, 3.63) is 70.5 Å². The van der Waals surface area contributed by atoms with Crippen LogP contribution in [0.25, 0.3) is 11.4 Å². The average molecular weight is 309 g/mol. The fraction of sp³-hybridized carbons (Fsp3) is 0.125. The standard InChI is InChI=1S/C16H15N5O2/c22-21(23)14-8-6-13(7-9-14)17-11-10-15-18-16(20-19-15)12-4-2-1-3-5-12/h1-9,17H,10-11H2,(H,18,19,20). The maximum absolute atomic E-state index is 10.6.